The number of methoxy groups -OCH3 is 1. The Morgan fingerprint density at radius 1 is 1.23 bits per heavy atom. The number of aromatic nitrogens is 1. The van der Waals surface area contributed by atoms with Crippen LogP contribution >= 0.6 is 11.6 Å². The van der Waals surface area contributed by atoms with Gasteiger partial charge in [-0.05, 0) is 30.7 Å². The lowest BCUT2D eigenvalue weighted by molar-refractivity contribution is -0.139. The van der Waals surface area contributed by atoms with Gasteiger partial charge in [0.1, 0.15) is 11.5 Å². The smallest absolute Gasteiger partial charge is 0.295 e. The van der Waals surface area contributed by atoms with Gasteiger partial charge in [0.15, 0.2) is 0 Å². The van der Waals surface area contributed by atoms with E-state index in [1.807, 2.05) is 31.2 Å². The fourth-order valence-corrected chi connectivity index (χ4v) is 4.24. The van der Waals surface area contributed by atoms with Gasteiger partial charge in [0.2, 0.25) is 0 Å². The number of aliphatic hydroxyl groups excluding tert-OH is 1. The molecule has 0 saturated carbocycles. The number of aromatic amines is 1. The van der Waals surface area contributed by atoms with Crippen molar-refractivity contribution >= 4 is 40.0 Å². The quantitative estimate of drug-likeness (QED) is 0.320. The molecule has 1 aliphatic rings. The Bertz CT molecular complexity index is 1200. The lowest BCUT2D eigenvalue weighted by atomic mass is 9.95. The van der Waals surface area contributed by atoms with Gasteiger partial charge in [-0.2, -0.15) is 0 Å². The van der Waals surface area contributed by atoms with Crippen LogP contribution in [0.5, 0.6) is 5.75 Å². The van der Waals surface area contributed by atoms with Crippen molar-refractivity contribution in [2.75, 3.05) is 13.7 Å². The molecular formula is C24H23ClN2O4. The number of nitrogens with one attached hydrogen (secondary N) is 1. The van der Waals surface area contributed by atoms with Crippen LogP contribution in [-0.2, 0) is 9.59 Å². The number of halogens is 1. The van der Waals surface area contributed by atoms with Crippen molar-refractivity contribution in [2.45, 2.75) is 25.8 Å². The Morgan fingerprint density at radius 3 is 2.74 bits per heavy atom. The number of unbranched alkanes of at least 4 members (excludes halogenated alkanes) is 1. The molecule has 0 aliphatic carbocycles. The molecule has 1 aromatic heterocycles. The topological polar surface area (TPSA) is 82.6 Å². The molecule has 0 spiro atoms. The number of aliphatic hydroxyl groups is 1. The third kappa shape index (κ3) is 3.57. The number of hydrogen-bond acceptors (Lipinski definition) is 4. The van der Waals surface area contributed by atoms with Crippen LogP contribution in [0.4, 0.5) is 0 Å². The third-order valence-electron chi connectivity index (χ3n) is 5.63. The van der Waals surface area contributed by atoms with E-state index in [1.165, 1.54) is 7.11 Å². The number of likely N-dealkylation sites (tertiary alicyclic amines) is 1. The summed E-state index contributed by atoms with van der Waals surface area (Å²) in [4.78, 5) is 30.8. The second-order valence-corrected chi connectivity index (χ2v) is 7.89. The molecule has 7 heteroatoms. The van der Waals surface area contributed by atoms with E-state index in [2.05, 4.69) is 4.98 Å². The zero-order valence-electron chi connectivity index (χ0n) is 17.3. The number of hydrogen-bond donors (Lipinski definition) is 2. The van der Waals surface area contributed by atoms with E-state index in [0.717, 1.165) is 29.3 Å². The van der Waals surface area contributed by atoms with Gasteiger partial charge in [0.25, 0.3) is 11.7 Å². The zero-order chi connectivity index (χ0) is 22.1. The largest absolute Gasteiger partial charge is 0.507 e. The summed E-state index contributed by atoms with van der Waals surface area (Å²) in [7, 11) is 1.47. The number of nitrogens with zero attached hydrogens (tertiary/aromatic N) is 1. The number of carbonyl (C=O) groups is 2. The first-order valence-electron chi connectivity index (χ1n) is 10.2. The van der Waals surface area contributed by atoms with Gasteiger partial charge in [0, 0.05) is 34.8 Å². The standard InChI is InChI=1S/C24H23ClN2O4/c1-3-4-11-27-21(16-13-26-18-8-6-5-7-15(16)18)20(23(29)24(27)30)22(28)14-9-10-17(25)19(12-14)31-2/h5-10,12-13,21,26,28H,3-4,11H2,1-2H3/b22-20+. The lowest BCUT2D eigenvalue weighted by Crippen LogP contribution is -2.30. The summed E-state index contributed by atoms with van der Waals surface area (Å²) in [6, 6.07) is 11.7. The van der Waals surface area contributed by atoms with Crippen LogP contribution in [0.3, 0.4) is 0 Å². The van der Waals surface area contributed by atoms with Crippen molar-refractivity contribution in [1.82, 2.24) is 9.88 Å². The first-order valence-corrected chi connectivity index (χ1v) is 10.5. The van der Waals surface area contributed by atoms with Crippen molar-refractivity contribution in [3.63, 3.8) is 0 Å². The molecule has 1 saturated heterocycles. The second kappa shape index (κ2) is 8.47. The Morgan fingerprint density at radius 2 is 2.00 bits per heavy atom. The molecule has 3 aromatic rings. The fraction of sp³-hybridized carbons (Fsp3) is 0.250. The third-order valence-corrected chi connectivity index (χ3v) is 5.95. The van der Waals surface area contributed by atoms with E-state index in [4.69, 9.17) is 16.3 Å². The molecule has 1 amide bonds. The second-order valence-electron chi connectivity index (χ2n) is 7.48. The number of Topliss-reactive ketones (excluding diaryl/α,β-unsaturated/α-hetero) is 1. The average molecular weight is 439 g/mol. The highest BCUT2D eigenvalue weighted by atomic mass is 35.5. The van der Waals surface area contributed by atoms with E-state index in [9.17, 15) is 14.7 Å². The fourth-order valence-electron chi connectivity index (χ4n) is 4.05. The summed E-state index contributed by atoms with van der Waals surface area (Å²) >= 11 is 6.11. The maximum Gasteiger partial charge on any atom is 0.295 e. The summed E-state index contributed by atoms with van der Waals surface area (Å²) in [5, 5.41) is 12.5. The molecule has 6 nitrogen and oxygen atoms in total. The number of ether oxygens (including phenoxy) is 1. The summed E-state index contributed by atoms with van der Waals surface area (Å²) in [5.41, 5.74) is 2.09. The van der Waals surface area contributed by atoms with Crippen LogP contribution in [0.15, 0.2) is 54.2 Å². The molecule has 1 unspecified atom stereocenters. The summed E-state index contributed by atoms with van der Waals surface area (Å²) in [6.45, 7) is 2.45. The number of benzene rings is 2. The van der Waals surface area contributed by atoms with Gasteiger partial charge in [-0.1, -0.05) is 43.1 Å². The normalized spacial score (nSPS) is 18.2. The van der Waals surface area contributed by atoms with E-state index >= 15 is 0 Å². The number of rotatable bonds is 6. The van der Waals surface area contributed by atoms with E-state index in [-0.39, 0.29) is 11.3 Å². The number of amides is 1. The van der Waals surface area contributed by atoms with Crippen molar-refractivity contribution in [2.24, 2.45) is 0 Å². The number of para-hydroxylation sites is 1. The van der Waals surface area contributed by atoms with E-state index < -0.39 is 17.7 Å². The molecule has 0 radical (unpaired) electrons. The highest BCUT2D eigenvalue weighted by Crippen LogP contribution is 2.42. The minimum Gasteiger partial charge on any atom is -0.507 e. The van der Waals surface area contributed by atoms with Crippen molar-refractivity contribution in [3.8, 4) is 5.75 Å². The van der Waals surface area contributed by atoms with Crippen LogP contribution in [0.25, 0.3) is 16.7 Å². The van der Waals surface area contributed by atoms with Gasteiger partial charge in [-0.3, -0.25) is 9.59 Å². The number of carbonyl (C=O) groups excluding carboxylic acids is 2. The molecule has 4 rings (SSSR count). The summed E-state index contributed by atoms with van der Waals surface area (Å²) in [5.74, 6) is -1.18. The van der Waals surface area contributed by atoms with Gasteiger partial charge in [-0.15, -0.1) is 0 Å². The van der Waals surface area contributed by atoms with Gasteiger partial charge in [-0.25, -0.2) is 0 Å². The van der Waals surface area contributed by atoms with Crippen LogP contribution in [0.2, 0.25) is 5.02 Å². The van der Waals surface area contributed by atoms with Crippen LogP contribution in [0.1, 0.15) is 36.9 Å². The van der Waals surface area contributed by atoms with Gasteiger partial charge >= 0.3 is 0 Å². The monoisotopic (exact) mass is 438 g/mol. The van der Waals surface area contributed by atoms with Gasteiger partial charge < -0.3 is 19.7 Å². The summed E-state index contributed by atoms with van der Waals surface area (Å²) in [6.07, 6.45) is 3.43. The minimum absolute atomic E-state index is 0.0650. The number of fused-ring (bicyclic) bond motifs is 1. The van der Waals surface area contributed by atoms with Crippen LogP contribution in [0, 0.1) is 0 Å². The molecule has 1 aliphatic heterocycles. The number of ketones is 1. The van der Waals surface area contributed by atoms with Gasteiger partial charge in [0.05, 0.1) is 23.7 Å². The molecule has 2 heterocycles. The Labute approximate surface area is 185 Å². The van der Waals surface area contributed by atoms with E-state index in [0.29, 0.717) is 22.9 Å². The maximum absolute atomic E-state index is 13.1. The molecule has 160 valence electrons. The first-order chi connectivity index (χ1) is 15.0. The highest BCUT2D eigenvalue weighted by Gasteiger charge is 2.46. The van der Waals surface area contributed by atoms with Crippen molar-refractivity contribution < 1.29 is 19.4 Å². The highest BCUT2D eigenvalue weighted by molar-refractivity contribution is 6.46. The Balaban J connectivity index is 1.92. The Hall–Kier alpha value is -3.25. The molecule has 1 fully saturated rings. The maximum atomic E-state index is 13.1. The van der Waals surface area contributed by atoms with Crippen LogP contribution in [-0.4, -0.2) is 40.3 Å². The minimum atomic E-state index is -0.696. The SMILES string of the molecule is CCCCN1C(=O)C(=O)/C(=C(/O)c2ccc(Cl)c(OC)c2)C1c1c[nH]c2ccccc12. The predicted molar refractivity (Wildman–Crippen MR) is 120 cm³/mol. The van der Waals surface area contributed by atoms with Crippen molar-refractivity contribution in [1.29, 1.82) is 0 Å². The Kier molecular flexibility index (Phi) is 5.74. The lowest BCUT2D eigenvalue weighted by Gasteiger charge is -2.24. The van der Waals surface area contributed by atoms with E-state index in [1.54, 1.807) is 29.3 Å². The molecular weight excluding hydrogens is 416 g/mol. The average Bonchev–Trinajstić information content (AvgIpc) is 3.31. The number of H-pyrrole nitrogens is 1. The molecule has 2 N–H and O–H groups in total. The predicted octanol–water partition coefficient (Wildman–Crippen LogP) is 5.05. The van der Waals surface area contributed by atoms with Crippen LogP contribution < -0.4 is 4.74 Å². The van der Waals surface area contributed by atoms with Crippen molar-refractivity contribution in [3.05, 3.63) is 70.4 Å². The molecule has 31 heavy (non-hydrogen) atoms. The zero-order valence-corrected chi connectivity index (χ0v) is 18.1. The summed E-state index contributed by atoms with van der Waals surface area (Å²) < 4.78 is 5.24. The molecule has 0 bridgehead atoms. The molecule has 2 aromatic carbocycles. The first kappa shape index (κ1) is 21.0. The molecule has 1 atom stereocenters.